The Bertz CT molecular complexity index is 465. The summed E-state index contributed by atoms with van der Waals surface area (Å²) in [6.45, 7) is 1.25. The normalized spacial score (nSPS) is 14.0. The summed E-state index contributed by atoms with van der Waals surface area (Å²) in [5, 5.41) is 10.5. The number of hydrogen-bond donors (Lipinski definition) is 0. The molecule has 0 fully saturated rings. The van der Waals surface area contributed by atoms with Gasteiger partial charge in [-0.2, -0.15) is 30.7 Å². The first-order valence-corrected chi connectivity index (χ1v) is 5.10. The molecule has 0 N–H and O–H groups in total. The Kier molecular flexibility index (Phi) is 4.84. The van der Waals surface area contributed by atoms with E-state index in [1.165, 1.54) is 0 Å². The molecule has 0 heterocycles. The van der Waals surface area contributed by atoms with Gasteiger partial charge in [0.1, 0.15) is 0 Å². The van der Waals surface area contributed by atoms with Crippen molar-refractivity contribution in [1.82, 2.24) is 0 Å². The highest BCUT2D eigenvalue weighted by Gasteiger charge is 2.75. The minimum atomic E-state index is -6.72. The van der Waals surface area contributed by atoms with Crippen LogP contribution in [0.5, 0.6) is 0 Å². The maximum Gasteiger partial charge on any atom is 0.460 e. The minimum Gasteiger partial charge on any atom is -0.549 e. The van der Waals surface area contributed by atoms with Gasteiger partial charge in [0.25, 0.3) is 0 Å². The fraction of sp³-hybridized carbons (Fsp3) is 0.700. The van der Waals surface area contributed by atoms with Crippen molar-refractivity contribution in [3.8, 4) is 0 Å². The summed E-state index contributed by atoms with van der Waals surface area (Å²) >= 11 is 0. The van der Waals surface area contributed by atoms with E-state index in [2.05, 4.69) is 0 Å². The van der Waals surface area contributed by atoms with Crippen LogP contribution in [-0.2, 0) is 14.4 Å². The Labute approximate surface area is 112 Å². The zero-order valence-electron chi connectivity index (χ0n) is 10.5. The second kappa shape index (κ2) is 5.26. The van der Waals surface area contributed by atoms with Gasteiger partial charge < -0.3 is 9.90 Å². The second-order valence-corrected chi connectivity index (χ2v) is 4.58. The molecule has 0 radical (unpaired) electrons. The van der Waals surface area contributed by atoms with Gasteiger partial charge in [-0.3, -0.25) is 9.59 Å². The predicted octanol–water partition coefficient (Wildman–Crippen LogP) is 1.12. The van der Waals surface area contributed by atoms with E-state index in [4.69, 9.17) is 0 Å². The van der Waals surface area contributed by atoms with E-state index < -0.39 is 47.4 Å². The number of carboxylic acid groups (broad SMARTS) is 1. The van der Waals surface area contributed by atoms with Gasteiger partial charge in [-0.05, 0) is 13.8 Å². The van der Waals surface area contributed by atoms with Gasteiger partial charge in [0.2, 0.25) is 5.78 Å². The van der Waals surface area contributed by atoms with Crippen LogP contribution in [0.1, 0.15) is 20.3 Å². The lowest BCUT2D eigenvalue weighted by Crippen LogP contribution is -2.57. The third-order valence-electron chi connectivity index (χ3n) is 2.63. The maximum absolute atomic E-state index is 12.9. The zero-order valence-corrected chi connectivity index (χ0v) is 10.5. The highest BCUT2D eigenvalue weighted by molar-refractivity contribution is 6.11. The molecule has 0 aliphatic rings. The number of aliphatic carboxylic acids is 1. The smallest absolute Gasteiger partial charge is 0.460 e. The Morgan fingerprint density at radius 2 is 1.24 bits per heavy atom. The van der Waals surface area contributed by atoms with Crippen molar-refractivity contribution in [1.29, 1.82) is 0 Å². The molecule has 0 aromatic carbocycles. The van der Waals surface area contributed by atoms with Crippen LogP contribution < -0.4 is 5.11 Å². The van der Waals surface area contributed by atoms with E-state index in [1.807, 2.05) is 0 Å². The zero-order chi connectivity index (χ0) is 17.4. The molecule has 0 amide bonds. The van der Waals surface area contributed by atoms with Crippen LogP contribution in [0.25, 0.3) is 0 Å². The van der Waals surface area contributed by atoms with Gasteiger partial charge in [0.15, 0.2) is 5.78 Å². The molecule has 21 heavy (non-hydrogen) atoms. The number of Topliss-reactive ketones (excluding diaryl/α,β-unsaturated/α-hetero) is 2. The van der Waals surface area contributed by atoms with E-state index >= 15 is 0 Å². The summed E-state index contributed by atoms with van der Waals surface area (Å²) in [4.78, 5) is 32.6. The number of hydrogen-bond acceptors (Lipinski definition) is 4. The lowest BCUT2D eigenvalue weighted by Gasteiger charge is -2.28. The molecule has 0 saturated carbocycles. The Balaban J connectivity index is 5.38. The molecule has 122 valence electrons. The average molecular weight is 325 g/mol. The van der Waals surface area contributed by atoms with Crippen LogP contribution in [0.4, 0.5) is 30.7 Å². The van der Waals surface area contributed by atoms with Crippen LogP contribution in [0, 0.1) is 5.41 Å². The van der Waals surface area contributed by atoms with E-state index in [1.54, 1.807) is 0 Å². The maximum atomic E-state index is 12.9. The van der Waals surface area contributed by atoms with Crippen LogP contribution in [0.2, 0.25) is 0 Å². The number of halogens is 7. The molecule has 0 rings (SSSR count). The third kappa shape index (κ3) is 3.32. The van der Waals surface area contributed by atoms with Gasteiger partial charge in [-0.15, -0.1) is 0 Å². The van der Waals surface area contributed by atoms with Crippen molar-refractivity contribution < 1.29 is 50.2 Å². The van der Waals surface area contributed by atoms with Gasteiger partial charge in [0, 0.05) is 0 Å². The van der Waals surface area contributed by atoms with E-state index in [9.17, 15) is 50.2 Å². The van der Waals surface area contributed by atoms with E-state index in [0.29, 0.717) is 13.8 Å². The van der Waals surface area contributed by atoms with Crippen LogP contribution in [-0.4, -0.2) is 35.6 Å². The Morgan fingerprint density at radius 1 is 0.857 bits per heavy atom. The number of alkyl halides is 7. The van der Waals surface area contributed by atoms with Crippen LogP contribution in [0.15, 0.2) is 0 Å². The molecule has 0 aliphatic heterocycles. The monoisotopic (exact) mass is 325 g/mol. The molecule has 0 aromatic heterocycles. The fourth-order valence-electron chi connectivity index (χ4n) is 0.945. The largest absolute Gasteiger partial charge is 0.549 e. The quantitative estimate of drug-likeness (QED) is 0.542. The Morgan fingerprint density at radius 3 is 1.52 bits per heavy atom. The molecule has 0 aromatic rings. The molecule has 0 spiro atoms. The van der Waals surface area contributed by atoms with Crippen molar-refractivity contribution in [2.75, 3.05) is 0 Å². The number of carbonyl (C=O) groups is 3. The second-order valence-electron chi connectivity index (χ2n) is 4.58. The van der Waals surface area contributed by atoms with E-state index in [-0.39, 0.29) is 0 Å². The predicted molar refractivity (Wildman–Crippen MR) is 49.4 cm³/mol. The SMILES string of the molecule is CC(C)(C(=O)[O-])C(=O)CC(=O)C(F)(F)C(F)(F)C(F)(F)F. The lowest BCUT2D eigenvalue weighted by atomic mass is 9.84. The molecular formula is C10H8F7O4-. The number of rotatable bonds is 6. The summed E-state index contributed by atoms with van der Waals surface area (Å²) in [5.41, 5.74) is -2.50. The van der Waals surface area contributed by atoms with Gasteiger partial charge in [-0.1, -0.05) is 0 Å². The summed E-state index contributed by atoms with van der Waals surface area (Å²) in [6, 6.07) is 0. The van der Waals surface area contributed by atoms with Crippen molar-refractivity contribution in [3.05, 3.63) is 0 Å². The van der Waals surface area contributed by atoms with Crippen molar-refractivity contribution in [2.24, 2.45) is 5.41 Å². The lowest BCUT2D eigenvalue weighted by molar-refractivity contribution is -0.343. The molecule has 4 nitrogen and oxygen atoms in total. The molecule has 0 aliphatic carbocycles. The highest BCUT2D eigenvalue weighted by Crippen LogP contribution is 2.47. The first-order valence-electron chi connectivity index (χ1n) is 5.10. The van der Waals surface area contributed by atoms with E-state index in [0.717, 1.165) is 0 Å². The summed E-state index contributed by atoms with van der Waals surface area (Å²) < 4.78 is 86.3. The van der Waals surface area contributed by atoms with Gasteiger partial charge in [-0.25, -0.2) is 0 Å². The number of carbonyl (C=O) groups excluding carboxylic acids is 3. The third-order valence-corrected chi connectivity index (χ3v) is 2.63. The molecule has 0 saturated heterocycles. The van der Waals surface area contributed by atoms with Gasteiger partial charge >= 0.3 is 18.0 Å². The molecule has 11 heteroatoms. The highest BCUT2D eigenvalue weighted by atomic mass is 19.4. The standard InChI is InChI=1S/C10H9F7O4/c1-7(2,6(20)21)4(18)3-5(19)8(11,12)9(13,14)10(15,16)17/h3H2,1-2H3,(H,20,21)/p-1. The Hall–Kier alpha value is -1.68. The first kappa shape index (κ1) is 19.3. The van der Waals surface area contributed by atoms with Crippen molar-refractivity contribution in [3.63, 3.8) is 0 Å². The van der Waals surface area contributed by atoms with Gasteiger partial charge in [0.05, 0.1) is 17.8 Å². The fourth-order valence-corrected chi connectivity index (χ4v) is 0.945. The molecule has 0 bridgehead atoms. The summed E-state index contributed by atoms with van der Waals surface area (Å²) in [6.07, 6.45) is -8.83. The molecular weight excluding hydrogens is 317 g/mol. The van der Waals surface area contributed by atoms with Crippen molar-refractivity contribution in [2.45, 2.75) is 38.3 Å². The summed E-state index contributed by atoms with van der Waals surface area (Å²) in [5.74, 6) is -19.8. The van der Waals surface area contributed by atoms with Crippen LogP contribution in [0.3, 0.4) is 0 Å². The topological polar surface area (TPSA) is 74.3 Å². The first-order chi connectivity index (χ1) is 8.99. The van der Waals surface area contributed by atoms with Crippen LogP contribution >= 0.6 is 0 Å². The number of ketones is 2. The van der Waals surface area contributed by atoms with Crippen molar-refractivity contribution >= 4 is 17.5 Å². The number of carboxylic acids is 1. The summed E-state index contributed by atoms with van der Waals surface area (Å²) in [7, 11) is 0. The molecule has 0 unspecified atom stereocenters. The average Bonchev–Trinajstić information content (AvgIpc) is 2.26. The minimum absolute atomic E-state index is 0.623. The molecule has 0 atom stereocenters.